The van der Waals surface area contributed by atoms with Crippen molar-refractivity contribution in [3.8, 4) is 0 Å². The van der Waals surface area contributed by atoms with Crippen LogP contribution >= 0.6 is 0 Å². The Balaban J connectivity index is 4.41. The summed E-state index contributed by atoms with van der Waals surface area (Å²) in [6.07, 6.45) is 67.8. The SMILES string of the molecule is CC\C=C/C=C\C=C/CCCCCCCCCC(=O)OCC(COC(=O)CCCCCCCCCCCCCCCCCCC)OC(=O)CCCCC/C=C\C=C/CCCCCCCCC. The number of hydrogen-bond acceptors (Lipinski definition) is 6. The quantitative estimate of drug-likeness (QED) is 0.0262. The Bertz CT molecular complexity index is 1200. The van der Waals surface area contributed by atoms with Crippen molar-refractivity contribution in [1.29, 1.82) is 0 Å². The van der Waals surface area contributed by atoms with Crippen molar-refractivity contribution in [3.63, 3.8) is 0 Å². The Morgan fingerprint density at radius 3 is 0.939 bits per heavy atom. The third kappa shape index (κ3) is 52.1. The van der Waals surface area contributed by atoms with E-state index in [9.17, 15) is 14.4 Å². The van der Waals surface area contributed by atoms with Crippen LogP contribution in [0.15, 0.2) is 60.8 Å². The lowest BCUT2D eigenvalue weighted by atomic mass is 10.0. The summed E-state index contributed by atoms with van der Waals surface area (Å²) in [5, 5.41) is 0. The molecule has 0 fully saturated rings. The van der Waals surface area contributed by atoms with Gasteiger partial charge >= 0.3 is 17.9 Å². The summed E-state index contributed by atoms with van der Waals surface area (Å²) < 4.78 is 16.8. The molecule has 0 bridgehead atoms. The van der Waals surface area contributed by atoms with Crippen molar-refractivity contribution < 1.29 is 28.6 Å². The van der Waals surface area contributed by atoms with Crippen molar-refractivity contribution >= 4 is 17.9 Å². The Hall–Kier alpha value is -2.89. The molecule has 0 aliphatic heterocycles. The topological polar surface area (TPSA) is 78.9 Å². The van der Waals surface area contributed by atoms with Crippen molar-refractivity contribution in [2.45, 2.75) is 290 Å². The summed E-state index contributed by atoms with van der Waals surface area (Å²) in [4.78, 5) is 38.1. The molecule has 382 valence electrons. The molecule has 0 aliphatic carbocycles. The highest BCUT2D eigenvalue weighted by Crippen LogP contribution is 2.16. The van der Waals surface area contributed by atoms with Crippen molar-refractivity contribution in [1.82, 2.24) is 0 Å². The zero-order valence-corrected chi connectivity index (χ0v) is 43.7. The van der Waals surface area contributed by atoms with Gasteiger partial charge in [0.25, 0.3) is 0 Å². The Kier molecular flexibility index (Phi) is 52.3. The van der Waals surface area contributed by atoms with Gasteiger partial charge in [0.05, 0.1) is 0 Å². The second-order valence-corrected chi connectivity index (χ2v) is 18.9. The molecule has 0 aromatic carbocycles. The molecule has 0 radical (unpaired) electrons. The minimum Gasteiger partial charge on any atom is -0.462 e. The van der Waals surface area contributed by atoms with Gasteiger partial charge in [-0.15, -0.1) is 0 Å². The fourth-order valence-corrected chi connectivity index (χ4v) is 8.08. The van der Waals surface area contributed by atoms with E-state index >= 15 is 0 Å². The summed E-state index contributed by atoms with van der Waals surface area (Å²) in [5.74, 6) is -0.914. The summed E-state index contributed by atoms with van der Waals surface area (Å²) in [5.41, 5.74) is 0. The van der Waals surface area contributed by atoms with Gasteiger partial charge in [-0.25, -0.2) is 0 Å². The van der Waals surface area contributed by atoms with Crippen LogP contribution in [0.2, 0.25) is 0 Å². The maximum atomic E-state index is 12.8. The van der Waals surface area contributed by atoms with Gasteiger partial charge in [0.2, 0.25) is 0 Å². The van der Waals surface area contributed by atoms with Gasteiger partial charge in [0.1, 0.15) is 13.2 Å². The van der Waals surface area contributed by atoms with E-state index in [0.29, 0.717) is 19.3 Å². The number of unbranched alkanes of at least 4 members (excludes halogenated alkanes) is 33. The minimum absolute atomic E-state index is 0.0864. The highest BCUT2D eigenvalue weighted by molar-refractivity contribution is 5.71. The monoisotopic (exact) mass is 923 g/mol. The summed E-state index contributed by atoms with van der Waals surface area (Å²) in [6.45, 7) is 6.50. The molecule has 6 nitrogen and oxygen atoms in total. The van der Waals surface area contributed by atoms with E-state index in [1.165, 1.54) is 161 Å². The van der Waals surface area contributed by atoms with Gasteiger partial charge in [-0.3, -0.25) is 14.4 Å². The van der Waals surface area contributed by atoms with Crippen LogP contribution in [0.25, 0.3) is 0 Å². The molecular formula is C60H106O6. The number of hydrogen-bond donors (Lipinski definition) is 0. The van der Waals surface area contributed by atoms with Crippen molar-refractivity contribution in [2.75, 3.05) is 13.2 Å². The number of ether oxygens (including phenoxy) is 3. The summed E-state index contributed by atoms with van der Waals surface area (Å²) in [7, 11) is 0. The molecule has 0 aromatic rings. The van der Waals surface area contributed by atoms with Crippen LogP contribution in [0.1, 0.15) is 284 Å². The van der Waals surface area contributed by atoms with Gasteiger partial charge in [0, 0.05) is 19.3 Å². The third-order valence-electron chi connectivity index (χ3n) is 12.3. The second-order valence-electron chi connectivity index (χ2n) is 18.9. The molecule has 0 rings (SSSR count). The van der Waals surface area contributed by atoms with Crippen LogP contribution in [0.4, 0.5) is 0 Å². The van der Waals surface area contributed by atoms with E-state index in [4.69, 9.17) is 14.2 Å². The zero-order valence-electron chi connectivity index (χ0n) is 43.7. The Morgan fingerprint density at radius 1 is 0.318 bits per heavy atom. The molecule has 0 amide bonds. The van der Waals surface area contributed by atoms with Crippen LogP contribution < -0.4 is 0 Å². The average molecular weight is 924 g/mol. The lowest BCUT2D eigenvalue weighted by molar-refractivity contribution is -0.167. The molecule has 6 heteroatoms. The van der Waals surface area contributed by atoms with E-state index in [1.807, 2.05) is 0 Å². The predicted molar refractivity (Wildman–Crippen MR) is 284 cm³/mol. The number of allylic oxidation sites excluding steroid dienone is 10. The van der Waals surface area contributed by atoms with Gasteiger partial charge in [-0.1, -0.05) is 261 Å². The number of carbonyl (C=O) groups is 3. The number of esters is 3. The fourth-order valence-electron chi connectivity index (χ4n) is 8.08. The lowest BCUT2D eigenvalue weighted by Gasteiger charge is -2.18. The summed E-state index contributed by atoms with van der Waals surface area (Å²) in [6, 6.07) is 0. The Morgan fingerprint density at radius 2 is 0.591 bits per heavy atom. The van der Waals surface area contributed by atoms with Gasteiger partial charge in [0.15, 0.2) is 6.10 Å². The molecule has 0 aliphatic rings. The molecule has 0 saturated carbocycles. The Labute approximate surface area is 409 Å². The number of rotatable bonds is 51. The van der Waals surface area contributed by atoms with E-state index < -0.39 is 6.10 Å². The van der Waals surface area contributed by atoms with Crippen LogP contribution in [0.5, 0.6) is 0 Å². The first kappa shape index (κ1) is 63.1. The standard InChI is InChI=1S/C60H106O6/c1-4-7-10-13-16-19-22-25-28-30-33-35-38-41-44-47-50-53-59(62)65-56-57(55-64-58(61)52-49-46-43-40-37-34-31-27-24-21-18-15-12-9-6-3)66-60(63)54-51-48-45-42-39-36-32-29-26-23-20-17-14-11-8-5-2/h9,12,15,18,21,24,29,32,36,39,57H,4-8,10-11,13-14,16-17,19-20,22-23,25-28,30-31,33-35,37-38,40-56H2,1-3H3/b12-9-,18-15-,24-21-,32-29-,39-36-. The highest BCUT2D eigenvalue weighted by Gasteiger charge is 2.19. The van der Waals surface area contributed by atoms with E-state index in [1.54, 1.807) is 0 Å². The normalized spacial score (nSPS) is 12.5. The van der Waals surface area contributed by atoms with Crippen LogP contribution in [0.3, 0.4) is 0 Å². The number of carbonyl (C=O) groups excluding carboxylic acids is 3. The third-order valence-corrected chi connectivity index (χ3v) is 12.3. The van der Waals surface area contributed by atoms with E-state index in [2.05, 4.69) is 81.5 Å². The molecule has 0 saturated heterocycles. The molecule has 0 aromatic heterocycles. The minimum atomic E-state index is -0.791. The van der Waals surface area contributed by atoms with Gasteiger partial charge < -0.3 is 14.2 Å². The maximum absolute atomic E-state index is 12.8. The molecule has 0 heterocycles. The summed E-state index contributed by atoms with van der Waals surface area (Å²) >= 11 is 0. The fraction of sp³-hybridized carbons (Fsp3) is 0.783. The van der Waals surface area contributed by atoms with Crippen molar-refractivity contribution in [2.24, 2.45) is 0 Å². The molecule has 66 heavy (non-hydrogen) atoms. The first-order chi connectivity index (χ1) is 32.5. The van der Waals surface area contributed by atoms with Crippen molar-refractivity contribution in [3.05, 3.63) is 60.8 Å². The molecule has 1 unspecified atom stereocenters. The van der Waals surface area contributed by atoms with Crippen LogP contribution in [-0.2, 0) is 28.6 Å². The van der Waals surface area contributed by atoms with Gasteiger partial charge in [-0.05, 0) is 64.2 Å². The van der Waals surface area contributed by atoms with Crippen LogP contribution in [-0.4, -0.2) is 37.2 Å². The molecule has 0 N–H and O–H groups in total. The second kappa shape index (κ2) is 54.7. The van der Waals surface area contributed by atoms with E-state index in [0.717, 1.165) is 83.5 Å². The predicted octanol–water partition coefficient (Wildman–Crippen LogP) is 18.8. The maximum Gasteiger partial charge on any atom is 0.306 e. The average Bonchev–Trinajstić information content (AvgIpc) is 3.31. The lowest BCUT2D eigenvalue weighted by Crippen LogP contribution is -2.30. The largest absolute Gasteiger partial charge is 0.462 e. The van der Waals surface area contributed by atoms with Gasteiger partial charge in [-0.2, -0.15) is 0 Å². The van der Waals surface area contributed by atoms with Crippen LogP contribution in [0, 0.1) is 0 Å². The highest BCUT2D eigenvalue weighted by atomic mass is 16.6. The first-order valence-electron chi connectivity index (χ1n) is 28.3. The molecular weight excluding hydrogens is 817 g/mol. The molecule has 1 atom stereocenters. The van der Waals surface area contributed by atoms with E-state index in [-0.39, 0.29) is 31.1 Å². The smallest absolute Gasteiger partial charge is 0.306 e. The zero-order chi connectivity index (χ0) is 47.9. The first-order valence-corrected chi connectivity index (χ1v) is 28.3. The molecule has 0 spiro atoms.